The Morgan fingerprint density at radius 2 is 1.47 bits per heavy atom. The fourth-order valence-corrected chi connectivity index (χ4v) is 6.80. The van der Waals surface area contributed by atoms with E-state index in [1.807, 2.05) is 6.92 Å². The molecule has 0 aliphatic heterocycles. The van der Waals surface area contributed by atoms with Crippen LogP contribution in [0.15, 0.2) is 4.74 Å². The molecule has 0 heterocycles. The fourth-order valence-electron chi connectivity index (χ4n) is 0.872. The molecule has 0 bridgehead atoms. The topological polar surface area (TPSA) is 29.4 Å². The van der Waals surface area contributed by atoms with Crippen LogP contribution >= 0.6 is 68.2 Å². The molecule has 0 saturated carbocycles. The second kappa shape index (κ2) is 6.13. The lowest BCUT2D eigenvalue weighted by atomic mass is 10.3. The van der Waals surface area contributed by atoms with Crippen LogP contribution in [0.2, 0.25) is 0 Å². The Balaban J connectivity index is 5.75. The summed E-state index contributed by atoms with van der Waals surface area (Å²) in [4.78, 5) is 0. The quantitative estimate of drug-likeness (QED) is 0.355. The van der Waals surface area contributed by atoms with Crippen LogP contribution in [-0.2, 0) is 4.57 Å². The molecule has 0 rings (SSSR count). The SMILES string of the molecule is CCC(C)(N=P(Cl)(Cl)C(C)(Cl)CC)P(=O)(Cl)Cl. The van der Waals surface area contributed by atoms with Gasteiger partial charge >= 0.3 is 0 Å². The van der Waals surface area contributed by atoms with Crippen molar-refractivity contribution in [3.05, 3.63) is 0 Å². The molecule has 0 amide bonds. The number of halogens is 5. The van der Waals surface area contributed by atoms with E-state index in [2.05, 4.69) is 4.74 Å². The van der Waals surface area contributed by atoms with Crippen molar-refractivity contribution in [2.45, 2.75) is 50.4 Å². The molecule has 0 fully saturated rings. The molecule has 9 heteroatoms. The summed E-state index contributed by atoms with van der Waals surface area (Å²) in [5.74, 6) is -6.37. The van der Waals surface area contributed by atoms with Gasteiger partial charge in [0.1, 0.15) is 9.90 Å². The second-order valence-corrected chi connectivity index (χ2v) is 16.1. The van der Waals surface area contributed by atoms with E-state index in [9.17, 15) is 4.57 Å². The number of rotatable bonds is 5. The molecule has 0 saturated heterocycles. The number of hydrogen-bond acceptors (Lipinski definition) is 2. The van der Waals surface area contributed by atoms with Crippen LogP contribution in [0.5, 0.6) is 0 Å². The van der Waals surface area contributed by atoms with Gasteiger partial charge in [0.05, 0.1) is 0 Å². The van der Waals surface area contributed by atoms with Crippen molar-refractivity contribution in [3.8, 4) is 0 Å². The van der Waals surface area contributed by atoms with Gasteiger partial charge in [0, 0.05) is 0 Å². The summed E-state index contributed by atoms with van der Waals surface area (Å²) in [5, 5.41) is -1.17. The molecule has 2 unspecified atom stereocenters. The van der Waals surface area contributed by atoms with Crippen LogP contribution in [0.1, 0.15) is 40.5 Å². The summed E-state index contributed by atoms with van der Waals surface area (Å²) in [6.07, 6.45) is 0.905. The Hall–Kier alpha value is 1.91. The zero-order chi connectivity index (χ0) is 14.1. The minimum atomic E-state index is -3.49. The molecule has 0 spiro atoms. The van der Waals surface area contributed by atoms with Crippen molar-refractivity contribution in [2.75, 3.05) is 0 Å². The predicted octanol–water partition coefficient (Wildman–Crippen LogP) is 7.66. The maximum absolute atomic E-state index is 11.9. The highest BCUT2D eigenvalue weighted by Gasteiger charge is 2.45. The standard InChI is InChI=1S/C8H16Cl5NOP2/c1-5-7(3,9)16(10,11)14-8(4,6-2)17(12,13)15/h5-6H2,1-4H3. The third-order valence-corrected chi connectivity index (χ3v) is 13.0. The minimum Gasteiger partial charge on any atom is -0.287 e. The van der Waals surface area contributed by atoms with Crippen molar-refractivity contribution in [3.63, 3.8) is 0 Å². The van der Waals surface area contributed by atoms with Gasteiger partial charge in [-0.2, -0.15) is 0 Å². The molecule has 0 aromatic carbocycles. The monoisotopic (exact) mass is 379 g/mol. The zero-order valence-electron chi connectivity index (χ0n) is 10.1. The summed E-state index contributed by atoms with van der Waals surface area (Å²) in [6, 6.07) is 0. The maximum atomic E-state index is 11.9. The van der Waals surface area contributed by atoms with Crippen molar-refractivity contribution in [1.29, 1.82) is 0 Å². The van der Waals surface area contributed by atoms with Crippen LogP contribution < -0.4 is 0 Å². The van der Waals surface area contributed by atoms with E-state index in [4.69, 9.17) is 56.6 Å². The van der Waals surface area contributed by atoms with E-state index in [0.29, 0.717) is 12.8 Å². The van der Waals surface area contributed by atoms with Crippen molar-refractivity contribution >= 4 is 68.2 Å². The second-order valence-electron chi connectivity index (χ2n) is 4.11. The first-order chi connectivity index (χ1) is 7.33. The van der Waals surface area contributed by atoms with E-state index in [1.54, 1.807) is 20.8 Å². The molecule has 0 radical (unpaired) electrons. The largest absolute Gasteiger partial charge is 0.287 e. The van der Waals surface area contributed by atoms with E-state index in [1.165, 1.54) is 0 Å². The molecule has 0 aromatic rings. The lowest BCUT2D eigenvalue weighted by Crippen LogP contribution is -2.19. The average molecular weight is 381 g/mol. The lowest BCUT2D eigenvalue weighted by molar-refractivity contribution is 0.548. The Morgan fingerprint density at radius 1 is 1.06 bits per heavy atom. The van der Waals surface area contributed by atoms with Crippen molar-refractivity contribution in [2.24, 2.45) is 4.74 Å². The van der Waals surface area contributed by atoms with E-state index >= 15 is 0 Å². The molecule has 0 aromatic heterocycles. The molecule has 0 aliphatic carbocycles. The van der Waals surface area contributed by atoms with Gasteiger partial charge in [0.25, 0.3) is 5.85 Å². The van der Waals surface area contributed by atoms with Gasteiger partial charge in [-0.25, -0.2) is 0 Å². The average Bonchev–Trinajstić information content (AvgIpc) is 2.14. The molecule has 0 aliphatic rings. The van der Waals surface area contributed by atoms with Crippen LogP contribution in [0, 0.1) is 0 Å². The van der Waals surface area contributed by atoms with Gasteiger partial charge in [0.2, 0.25) is 0 Å². The van der Waals surface area contributed by atoms with Gasteiger partial charge in [-0.3, -0.25) is 9.31 Å². The first-order valence-electron chi connectivity index (χ1n) is 5.04. The Kier molecular flexibility index (Phi) is 6.82. The molecule has 17 heavy (non-hydrogen) atoms. The van der Waals surface area contributed by atoms with E-state index in [0.717, 1.165) is 0 Å². The zero-order valence-corrected chi connectivity index (χ0v) is 15.6. The summed E-state index contributed by atoms with van der Waals surface area (Å²) in [7, 11) is 0. The third-order valence-electron chi connectivity index (χ3n) is 2.78. The highest BCUT2D eigenvalue weighted by Crippen LogP contribution is 2.78. The minimum absolute atomic E-state index is 0.370. The highest BCUT2D eigenvalue weighted by atomic mass is 35.9. The molecule has 104 valence electrons. The lowest BCUT2D eigenvalue weighted by Gasteiger charge is -2.32. The van der Waals surface area contributed by atoms with Crippen LogP contribution in [0.4, 0.5) is 0 Å². The van der Waals surface area contributed by atoms with Crippen molar-refractivity contribution in [1.82, 2.24) is 0 Å². The number of nitrogens with zero attached hydrogens (tertiary/aromatic N) is 1. The van der Waals surface area contributed by atoms with Gasteiger partial charge < -0.3 is 0 Å². The predicted molar refractivity (Wildman–Crippen MR) is 83.6 cm³/mol. The van der Waals surface area contributed by atoms with Crippen LogP contribution in [0.25, 0.3) is 0 Å². The smallest absolute Gasteiger partial charge is 0.279 e. The first-order valence-corrected chi connectivity index (χ1v) is 12.5. The van der Waals surface area contributed by atoms with Gasteiger partial charge in [-0.1, -0.05) is 36.3 Å². The molecule has 2 atom stereocenters. The summed E-state index contributed by atoms with van der Waals surface area (Å²) >= 11 is 30.2. The van der Waals surface area contributed by atoms with Gasteiger partial charge in [-0.05, 0) is 49.2 Å². The fraction of sp³-hybridized carbons (Fsp3) is 1.00. The third kappa shape index (κ3) is 4.45. The van der Waals surface area contributed by atoms with E-state index in [-0.39, 0.29) is 0 Å². The summed E-state index contributed by atoms with van der Waals surface area (Å²) in [6.45, 7) is 6.91. The summed E-state index contributed by atoms with van der Waals surface area (Å²) < 4.78 is 15.2. The number of hydrogen-bond donors (Lipinski definition) is 0. The maximum Gasteiger partial charge on any atom is 0.279 e. The van der Waals surface area contributed by atoms with Gasteiger partial charge in [-0.15, -0.1) is 11.6 Å². The molecular formula is C8H16Cl5NOP2. The molecule has 0 N–H and O–H groups in total. The van der Waals surface area contributed by atoms with E-state index < -0.39 is 21.5 Å². The van der Waals surface area contributed by atoms with Crippen LogP contribution in [-0.4, -0.2) is 9.90 Å². The molecular weight excluding hydrogens is 365 g/mol. The summed E-state index contributed by atoms with van der Waals surface area (Å²) in [5.41, 5.74) is 0. The Bertz CT molecular complexity index is 374. The van der Waals surface area contributed by atoms with Crippen molar-refractivity contribution < 1.29 is 4.57 Å². The van der Waals surface area contributed by atoms with Gasteiger partial charge in [0.15, 0.2) is 5.76 Å². The normalized spacial score (nSPS) is 20.5. The Labute approximate surface area is 127 Å². The Morgan fingerprint density at radius 3 is 1.71 bits per heavy atom. The van der Waals surface area contributed by atoms with Crippen LogP contribution in [0.3, 0.4) is 0 Å². The highest BCUT2D eigenvalue weighted by molar-refractivity contribution is 8.13. The molecule has 2 nitrogen and oxygen atoms in total. The number of alkyl halides is 1. The first kappa shape index (κ1) is 18.9.